The van der Waals surface area contributed by atoms with Gasteiger partial charge in [0.2, 0.25) is 0 Å². The molecule has 4 atom stereocenters. The molecule has 1 fully saturated rings. The van der Waals surface area contributed by atoms with Crippen LogP contribution in [0.2, 0.25) is 36.3 Å². The van der Waals surface area contributed by atoms with Crippen LogP contribution in [0.25, 0.3) is 0 Å². The largest absolute Gasteiger partial charge is 0.414 e. The second kappa shape index (κ2) is 13.4. The summed E-state index contributed by atoms with van der Waals surface area (Å²) in [5.41, 5.74) is -2.15. The predicted octanol–water partition coefficient (Wildman–Crippen LogP) is 4.60. The molecule has 0 unspecified atom stereocenters. The normalized spacial score (nSPS) is 24.2. The summed E-state index contributed by atoms with van der Waals surface area (Å²) in [6.45, 7) is 22.0. The molecule has 4 rings (SSSR count). The Balaban J connectivity index is 1.92. The van der Waals surface area contributed by atoms with E-state index in [1.54, 1.807) is 6.92 Å². The number of benzene rings is 1. The molecule has 0 saturated carbocycles. The average Bonchev–Trinajstić information content (AvgIpc) is 3.42. The number of nitrogens with one attached hydrogen (secondary N) is 2. The molecular weight excluding hydrogens is 685 g/mol. The molecule has 0 aliphatic carbocycles. The van der Waals surface area contributed by atoms with E-state index < -0.39 is 68.1 Å². The number of rotatable bonds is 9. The molecule has 2 N–H and O–H groups in total. The van der Waals surface area contributed by atoms with Crippen LogP contribution in [0.3, 0.4) is 0 Å². The highest BCUT2D eigenvalue weighted by Crippen LogP contribution is 2.52. The summed E-state index contributed by atoms with van der Waals surface area (Å²) in [6.07, 6.45) is -2.35. The summed E-state index contributed by atoms with van der Waals surface area (Å²) in [5.74, 6) is 0. The summed E-state index contributed by atoms with van der Waals surface area (Å²) in [6, 6.07) is 8.58. The number of aryl methyl sites for hydroxylation is 1. The number of hydrogen-bond acceptors (Lipinski definition) is 9. The van der Waals surface area contributed by atoms with E-state index in [4.69, 9.17) is 17.8 Å². The maximum atomic E-state index is 13.7. The van der Waals surface area contributed by atoms with Crippen LogP contribution in [-0.2, 0) is 41.5 Å². The summed E-state index contributed by atoms with van der Waals surface area (Å²) in [5, 5.41) is 5.81. The van der Waals surface area contributed by atoms with Gasteiger partial charge in [-0.3, -0.25) is 13.9 Å². The first kappa shape index (κ1) is 38.9. The van der Waals surface area contributed by atoms with Crippen LogP contribution < -0.4 is 21.9 Å². The van der Waals surface area contributed by atoms with Gasteiger partial charge < -0.3 is 24.2 Å². The van der Waals surface area contributed by atoms with Crippen LogP contribution >= 0.6 is 0 Å². The van der Waals surface area contributed by atoms with Gasteiger partial charge >= 0.3 is 11.7 Å². The van der Waals surface area contributed by atoms with Crippen molar-refractivity contribution in [2.75, 3.05) is 6.61 Å². The third-order valence-corrected chi connectivity index (χ3v) is 20.3. The number of amides is 2. The van der Waals surface area contributed by atoms with Gasteiger partial charge in [0.1, 0.15) is 12.2 Å². The van der Waals surface area contributed by atoms with Crippen molar-refractivity contribution in [2.24, 2.45) is 7.05 Å². The van der Waals surface area contributed by atoms with E-state index in [2.05, 4.69) is 44.5 Å². The minimum Gasteiger partial charge on any atom is -0.414 e. The zero-order valence-corrected chi connectivity index (χ0v) is 33.5. The Kier molecular flexibility index (Phi) is 10.6. The lowest BCUT2D eigenvalue weighted by molar-refractivity contribution is -0.0571. The number of urea groups is 1. The van der Waals surface area contributed by atoms with Crippen LogP contribution in [0.1, 0.15) is 58.9 Å². The van der Waals surface area contributed by atoms with Crippen LogP contribution in [0, 0.1) is 6.92 Å². The lowest BCUT2D eigenvalue weighted by Crippen LogP contribution is -2.60. The maximum Gasteiger partial charge on any atom is 0.332 e. The Bertz CT molecular complexity index is 1830. The fourth-order valence-electron chi connectivity index (χ4n) is 5.27. The van der Waals surface area contributed by atoms with Crippen LogP contribution in [0.15, 0.2) is 57.2 Å². The van der Waals surface area contributed by atoms with Gasteiger partial charge in [-0.1, -0.05) is 71.9 Å². The summed E-state index contributed by atoms with van der Waals surface area (Å²) < 4.78 is 55.6. The van der Waals surface area contributed by atoms with E-state index in [-0.39, 0.29) is 34.5 Å². The summed E-state index contributed by atoms with van der Waals surface area (Å²) in [4.78, 5) is 39.9. The third kappa shape index (κ3) is 7.74. The smallest absolute Gasteiger partial charge is 0.332 e. The summed E-state index contributed by atoms with van der Waals surface area (Å²) in [7, 11) is -8.33. The van der Waals surface area contributed by atoms with Crippen molar-refractivity contribution in [1.29, 1.82) is 0 Å². The quantitative estimate of drug-likeness (QED) is 0.278. The Morgan fingerprint density at radius 1 is 1.00 bits per heavy atom. The molecule has 272 valence electrons. The highest BCUT2D eigenvalue weighted by atomic mass is 32.2. The van der Waals surface area contributed by atoms with E-state index in [1.165, 1.54) is 17.8 Å². The highest BCUT2D eigenvalue weighted by Gasteiger charge is 2.68. The Morgan fingerprint density at radius 3 is 2.16 bits per heavy atom. The van der Waals surface area contributed by atoms with E-state index in [9.17, 15) is 22.8 Å². The molecule has 0 radical (unpaired) electrons. The van der Waals surface area contributed by atoms with Gasteiger partial charge in [0, 0.05) is 25.4 Å². The SMILES string of the molecule is Cc1cn([C@@H]2O[C@H](CO[Si](C)(C)C(C)(C)C)[C@@]3(OS(=O)(=O)C=C3NC(=O)NCc3ccccc3)[C@H]2O[Si](C)(C)C(C)(C)C)c(=O)n(C)c1=O. The first-order valence-corrected chi connectivity index (χ1v) is 23.6. The number of aromatic nitrogens is 2. The first-order chi connectivity index (χ1) is 22.3. The Hall–Kier alpha value is -2.87. The molecule has 2 amide bonds. The van der Waals surface area contributed by atoms with Crippen molar-refractivity contribution >= 4 is 32.8 Å². The number of ether oxygens (including phenoxy) is 1. The fourth-order valence-corrected chi connectivity index (χ4v) is 8.81. The zero-order chi connectivity index (χ0) is 37.0. The second-order valence-corrected chi connectivity index (χ2v) is 26.9. The van der Waals surface area contributed by atoms with Gasteiger partial charge in [-0.05, 0) is 48.8 Å². The molecular formula is C33H52N4O9SSi2. The molecule has 2 aromatic rings. The monoisotopic (exact) mass is 736 g/mol. The van der Waals surface area contributed by atoms with Crippen LogP contribution in [0.4, 0.5) is 4.79 Å². The number of carbonyl (C=O) groups excluding carboxylic acids is 1. The molecule has 1 saturated heterocycles. The number of nitrogens with zero attached hydrogens (tertiary/aromatic N) is 2. The van der Waals surface area contributed by atoms with Crippen molar-refractivity contribution in [3.8, 4) is 0 Å². The lowest BCUT2D eigenvalue weighted by atomic mass is 9.89. The van der Waals surface area contributed by atoms with Crippen molar-refractivity contribution in [2.45, 2.75) is 115 Å². The van der Waals surface area contributed by atoms with Gasteiger partial charge in [0.15, 0.2) is 28.5 Å². The Morgan fingerprint density at radius 2 is 1.59 bits per heavy atom. The highest BCUT2D eigenvalue weighted by molar-refractivity contribution is 7.90. The third-order valence-electron chi connectivity index (χ3n) is 10.3. The molecule has 49 heavy (non-hydrogen) atoms. The van der Waals surface area contributed by atoms with Gasteiger partial charge in [0.05, 0.1) is 17.7 Å². The van der Waals surface area contributed by atoms with Crippen LogP contribution in [0.5, 0.6) is 0 Å². The molecule has 2 aliphatic rings. The molecule has 3 heterocycles. The maximum absolute atomic E-state index is 13.7. The predicted molar refractivity (Wildman–Crippen MR) is 192 cm³/mol. The second-order valence-electron chi connectivity index (χ2n) is 15.9. The first-order valence-electron chi connectivity index (χ1n) is 16.4. The molecule has 16 heteroatoms. The van der Waals surface area contributed by atoms with Crippen molar-refractivity contribution in [3.63, 3.8) is 0 Å². The van der Waals surface area contributed by atoms with Crippen molar-refractivity contribution in [3.05, 3.63) is 79.6 Å². The molecule has 1 spiro atoms. The zero-order valence-electron chi connectivity index (χ0n) is 30.7. The van der Waals surface area contributed by atoms with Gasteiger partial charge in [-0.25, -0.2) is 13.8 Å². The van der Waals surface area contributed by atoms with Crippen molar-refractivity contribution in [1.82, 2.24) is 19.8 Å². The summed E-state index contributed by atoms with van der Waals surface area (Å²) >= 11 is 0. The molecule has 1 aromatic heterocycles. The van der Waals surface area contributed by atoms with Crippen LogP contribution in [-0.4, -0.2) is 64.6 Å². The van der Waals surface area contributed by atoms with Crippen molar-refractivity contribution < 1.29 is 31.0 Å². The molecule has 2 aliphatic heterocycles. The number of carbonyl (C=O) groups is 1. The van der Waals surface area contributed by atoms with Gasteiger partial charge in [-0.2, -0.15) is 8.42 Å². The van der Waals surface area contributed by atoms with E-state index in [1.807, 2.05) is 64.2 Å². The number of hydrogen-bond donors (Lipinski definition) is 2. The topological polar surface area (TPSA) is 156 Å². The standard InChI is InChI=1S/C33H52N4O9SSi2/c1-22-19-37(30(40)36(8)27(22)38)28-26(45-49(11,12)32(5,6)7)33(25(44-28)20-43-48(9,10)31(2,3)4)24(21-47(41,42)46-33)35-29(39)34-18-23-16-14-13-15-17-23/h13-17,19,21,25-26,28H,18,20H2,1-12H3,(H2,34,35,39)/t25-,26+,28-,33-/m1/s1. The average molecular weight is 737 g/mol. The molecule has 1 aromatic carbocycles. The fraction of sp³-hybridized carbons (Fsp3) is 0.606. The van der Waals surface area contributed by atoms with E-state index >= 15 is 0 Å². The molecule has 13 nitrogen and oxygen atoms in total. The Labute approximate surface area is 291 Å². The lowest BCUT2D eigenvalue weighted by Gasteiger charge is -2.44. The van der Waals surface area contributed by atoms with Gasteiger partial charge in [-0.15, -0.1) is 0 Å². The van der Waals surface area contributed by atoms with Gasteiger partial charge in [0.25, 0.3) is 15.7 Å². The minimum absolute atomic E-state index is 0.109. The minimum atomic E-state index is -4.41. The van der Waals surface area contributed by atoms with E-state index in [0.29, 0.717) is 0 Å². The molecule has 0 bridgehead atoms. The van der Waals surface area contributed by atoms with E-state index in [0.717, 1.165) is 15.5 Å².